The molecule has 2 aromatic carbocycles. The number of nitrogens with zero attached hydrogens (tertiary/aromatic N) is 4. The molecule has 0 bridgehead atoms. The summed E-state index contributed by atoms with van der Waals surface area (Å²) in [5, 5.41) is 16.1. The lowest BCUT2D eigenvalue weighted by molar-refractivity contribution is -0.112. The molecule has 26 heavy (non-hydrogen) atoms. The lowest BCUT2D eigenvalue weighted by atomic mass is 10.1. The van der Waals surface area contributed by atoms with Gasteiger partial charge in [-0.25, -0.2) is 9.67 Å². The summed E-state index contributed by atoms with van der Waals surface area (Å²) in [6.07, 6.45) is 4.56. The standard InChI is InChI=1S/C19H15N5O2/c1-26-18-5-3-2-4-17(18)23-19(25)15(11-20)10-14-6-8-16(9-7-14)24-13-21-12-22-24/h2-10,12-13H,1H3,(H,23,25)/b15-10-. The highest BCUT2D eigenvalue weighted by atomic mass is 16.5. The van der Waals surface area contributed by atoms with E-state index in [9.17, 15) is 10.1 Å². The first-order valence-corrected chi connectivity index (χ1v) is 7.72. The van der Waals surface area contributed by atoms with E-state index in [1.165, 1.54) is 19.5 Å². The minimum Gasteiger partial charge on any atom is -0.495 e. The Kier molecular flexibility index (Phi) is 5.05. The molecule has 0 saturated heterocycles. The lowest BCUT2D eigenvalue weighted by Crippen LogP contribution is -2.14. The van der Waals surface area contributed by atoms with Gasteiger partial charge in [0.05, 0.1) is 18.5 Å². The van der Waals surface area contributed by atoms with Crippen LogP contribution in [0.5, 0.6) is 5.75 Å². The summed E-state index contributed by atoms with van der Waals surface area (Å²) in [6.45, 7) is 0. The Hall–Kier alpha value is -3.92. The molecule has 0 atom stereocenters. The first-order chi connectivity index (χ1) is 12.7. The van der Waals surface area contributed by atoms with E-state index in [4.69, 9.17) is 4.74 Å². The van der Waals surface area contributed by atoms with E-state index in [2.05, 4.69) is 15.4 Å². The van der Waals surface area contributed by atoms with Crippen molar-refractivity contribution in [2.45, 2.75) is 0 Å². The predicted octanol–water partition coefficient (Wildman–Crippen LogP) is 2.82. The summed E-state index contributed by atoms with van der Waals surface area (Å²) in [4.78, 5) is 16.3. The van der Waals surface area contributed by atoms with Gasteiger partial charge >= 0.3 is 0 Å². The fraction of sp³-hybridized carbons (Fsp3) is 0.0526. The fourth-order valence-electron chi connectivity index (χ4n) is 2.32. The summed E-state index contributed by atoms with van der Waals surface area (Å²) in [5.41, 5.74) is 2.05. The van der Waals surface area contributed by atoms with Crippen LogP contribution in [0.2, 0.25) is 0 Å². The van der Waals surface area contributed by atoms with Crippen LogP contribution in [0.1, 0.15) is 5.56 Å². The number of benzene rings is 2. The van der Waals surface area contributed by atoms with Crippen LogP contribution in [0.4, 0.5) is 5.69 Å². The Morgan fingerprint density at radius 2 is 2.00 bits per heavy atom. The van der Waals surface area contributed by atoms with Gasteiger partial charge in [-0.2, -0.15) is 10.4 Å². The minimum atomic E-state index is -0.502. The second-order valence-electron chi connectivity index (χ2n) is 5.26. The van der Waals surface area contributed by atoms with Gasteiger partial charge in [-0.1, -0.05) is 24.3 Å². The molecule has 0 radical (unpaired) electrons. The number of amides is 1. The molecular formula is C19H15N5O2. The molecule has 3 rings (SSSR count). The molecular weight excluding hydrogens is 330 g/mol. The molecule has 128 valence electrons. The number of methoxy groups -OCH3 is 1. The van der Waals surface area contributed by atoms with Gasteiger partial charge in [0, 0.05) is 0 Å². The lowest BCUT2D eigenvalue weighted by Gasteiger charge is -2.09. The van der Waals surface area contributed by atoms with Crippen molar-refractivity contribution in [1.29, 1.82) is 5.26 Å². The highest BCUT2D eigenvalue weighted by molar-refractivity contribution is 6.10. The van der Waals surface area contributed by atoms with E-state index >= 15 is 0 Å². The molecule has 1 amide bonds. The van der Waals surface area contributed by atoms with Crippen LogP contribution in [0, 0.1) is 11.3 Å². The Morgan fingerprint density at radius 1 is 1.23 bits per heavy atom. The molecule has 3 aromatic rings. The van der Waals surface area contributed by atoms with Crippen molar-refractivity contribution in [3.05, 3.63) is 72.3 Å². The number of ether oxygens (including phenoxy) is 1. The molecule has 0 aliphatic heterocycles. The molecule has 1 aromatic heterocycles. The van der Waals surface area contributed by atoms with E-state index in [0.29, 0.717) is 11.4 Å². The van der Waals surface area contributed by atoms with E-state index in [0.717, 1.165) is 11.3 Å². The quantitative estimate of drug-likeness (QED) is 0.567. The van der Waals surface area contributed by atoms with E-state index in [1.807, 2.05) is 18.2 Å². The van der Waals surface area contributed by atoms with E-state index in [-0.39, 0.29) is 5.57 Å². The zero-order chi connectivity index (χ0) is 18.4. The van der Waals surface area contributed by atoms with Crippen LogP contribution in [0.3, 0.4) is 0 Å². The summed E-state index contributed by atoms with van der Waals surface area (Å²) in [6, 6.07) is 16.2. The van der Waals surface area contributed by atoms with E-state index in [1.54, 1.807) is 47.4 Å². The van der Waals surface area contributed by atoms with Crippen LogP contribution in [0.15, 0.2) is 66.8 Å². The Morgan fingerprint density at radius 3 is 2.65 bits per heavy atom. The summed E-state index contributed by atoms with van der Waals surface area (Å²) in [5.74, 6) is 0.0210. The molecule has 7 nitrogen and oxygen atoms in total. The second kappa shape index (κ2) is 7.77. The third kappa shape index (κ3) is 3.76. The molecule has 1 N–H and O–H groups in total. The second-order valence-corrected chi connectivity index (χ2v) is 5.26. The largest absolute Gasteiger partial charge is 0.495 e. The maximum absolute atomic E-state index is 12.4. The third-order valence-electron chi connectivity index (χ3n) is 3.61. The zero-order valence-electron chi connectivity index (χ0n) is 14.0. The van der Waals surface area contributed by atoms with Gasteiger partial charge < -0.3 is 10.1 Å². The monoisotopic (exact) mass is 345 g/mol. The maximum Gasteiger partial charge on any atom is 0.266 e. The zero-order valence-corrected chi connectivity index (χ0v) is 14.0. The van der Waals surface area contributed by atoms with Gasteiger partial charge in [0.1, 0.15) is 30.0 Å². The number of hydrogen-bond acceptors (Lipinski definition) is 5. The van der Waals surface area contributed by atoms with Crippen molar-refractivity contribution in [1.82, 2.24) is 14.8 Å². The number of nitriles is 1. The normalized spacial score (nSPS) is 10.8. The topological polar surface area (TPSA) is 92.8 Å². The van der Waals surface area contributed by atoms with Crippen LogP contribution in [0.25, 0.3) is 11.8 Å². The number of carbonyl (C=O) groups excluding carboxylic acids is 1. The smallest absolute Gasteiger partial charge is 0.266 e. The average molecular weight is 345 g/mol. The van der Waals surface area contributed by atoms with Crippen molar-refractivity contribution in [3.8, 4) is 17.5 Å². The number of nitrogens with one attached hydrogen (secondary N) is 1. The number of rotatable bonds is 5. The Labute approximate surface area is 150 Å². The molecule has 7 heteroatoms. The number of carbonyl (C=O) groups is 1. The number of para-hydroxylation sites is 2. The van der Waals surface area contributed by atoms with Crippen LogP contribution < -0.4 is 10.1 Å². The highest BCUT2D eigenvalue weighted by Gasteiger charge is 2.12. The molecule has 0 spiro atoms. The van der Waals surface area contributed by atoms with Gasteiger partial charge in [0.25, 0.3) is 5.91 Å². The van der Waals surface area contributed by atoms with Crippen LogP contribution >= 0.6 is 0 Å². The van der Waals surface area contributed by atoms with E-state index < -0.39 is 5.91 Å². The molecule has 1 heterocycles. The Bertz CT molecular complexity index is 970. The first kappa shape index (κ1) is 16.9. The van der Waals surface area contributed by atoms with Crippen molar-refractivity contribution in [2.75, 3.05) is 12.4 Å². The van der Waals surface area contributed by atoms with Crippen molar-refractivity contribution >= 4 is 17.7 Å². The van der Waals surface area contributed by atoms with Gasteiger partial charge in [0.2, 0.25) is 0 Å². The van der Waals surface area contributed by atoms with Crippen molar-refractivity contribution in [2.24, 2.45) is 0 Å². The molecule has 0 aliphatic carbocycles. The highest BCUT2D eigenvalue weighted by Crippen LogP contribution is 2.23. The van der Waals surface area contributed by atoms with Crippen LogP contribution in [-0.2, 0) is 4.79 Å². The SMILES string of the molecule is COc1ccccc1NC(=O)/C(C#N)=C\c1ccc(-n2cncn2)cc1. The summed E-state index contributed by atoms with van der Waals surface area (Å²) >= 11 is 0. The average Bonchev–Trinajstić information content (AvgIpc) is 3.21. The number of hydrogen-bond donors (Lipinski definition) is 1. The molecule has 0 saturated carbocycles. The minimum absolute atomic E-state index is 0.00980. The number of aromatic nitrogens is 3. The summed E-state index contributed by atoms with van der Waals surface area (Å²) < 4.78 is 6.81. The molecule has 0 aliphatic rings. The van der Waals surface area contributed by atoms with Gasteiger partial charge in [-0.05, 0) is 35.9 Å². The van der Waals surface area contributed by atoms with Gasteiger partial charge in [0.15, 0.2) is 0 Å². The van der Waals surface area contributed by atoms with Crippen molar-refractivity contribution < 1.29 is 9.53 Å². The fourth-order valence-corrected chi connectivity index (χ4v) is 2.32. The van der Waals surface area contributed by atoms with Gasteiger partial charge in [-0.15, -0.1) is 0 Å². The van der Waals surface area contributed by atoms with Crippen molar-refractivity contribution in [3.63, 3.8) is 0 Å². The first-order valence-electron chi connectivity index (χ1n) is 7.72. The molecule has 0 fully saturated rings. The number of anilines is 1. The molecule has 0 unspecified atom stereocenters. The predicted molar refractivity (Wildman–Crippen MR) is 96.6 cm³/mol. The third-order valence-corrected chi connectivity index (χ3v) is 3.61. The maximum atomic E-state index is 12.4. The summed E-state index contributed by atoms with van der Waals surface area (Å²) in [7, 11) is 1.52. The Balaban J connectivity index is 1.79. The van der Waals surface area contributed by atoms with Gasteiger partial charge in [-0.3, -0.25) is 4.79 Å². The van der Waals surface area contributed by atoms with Crippen LogP contribution in [-0.4, -0.2) is 27.8 Å².